The molecule has 0 heterocycles. The molecule has 0 spiro atoms. The Labute approximate surface area is 113 Å². The van der Waals surface area contributed by atoms with Crippen LogP contribution < -0.4 is 15.2 Å². The Morgan fingerprint density at radius 3 is 2.58 bits per heavy atom. The van der Waals surface area contributed by atoms with Crippen molar-refractivity contribution < 1.29 is 9.47 Å². The predicted octanol–water partition coefficient (Wildman–Crippen LogP) is 2.93. The van der Waals surface area contributed by atoms with E-state index in [-0.39, 0.29) is 6.04 Å². The molecule has 1 unspecified atom stereocenters. The van der Waals surface area contributed by atoms with E-state index >= 15 is 0 Å². The maximum Gasteiger partial charge on any atom is 0.168 e. The van der Waals surface area contributed by atoms with E-state index < -0.39 is 0 Å². The van der Waals surface area contributed by atoms with Crippen LogP contribution in [0.2, 0.25) is 0 Å². The number of fused-ring (bicyclic) bond motifs is 3. The van der Waals surface area contributed by atoms with Gasteiger partial charge in [-0.2, -0.15) is 0 Å². The summed E-state index contributed by atoms with van der Waals surface area (Å²) in [7, 11) is 3.33. The van der Waals surface area contributed by atoms with Crippen LogP contribution in [0, 0.1) is 0 Å². The maximum absolute atomic E-state index is 6.25. The second-order valence-electron chi connectivity index (χ2n) is 4.73. The predicted molar refractivity (Wildman–Crippen MR) is 75.6 cm³/mol. The van der Waals surface area contributed by atoms with Crippen LogP contribution in [0.3, 0.4) is 0 Å². The van der Waals surface area contributed by atoms with Crippen molar-refractivity contribution in [1.29, 1.82) is 0 Å². The SMILES string of the molecule is COc1ccc2c(c1OC)-c1ccccc1C(N)C2. The summed E-state index contributed by atoms with van der Waals surface area (Å²) in [5.74, 6) is 1.55. The van der Waals surface area contributed by atoms with Crippen LogP contribution in [-0.4, -0.2) is 14.2 Å². The first-order valence-corrected chi connectivity index (χ1v) is 6.35. The van der Waals surface area contributed by atoms with Gasteiger partial charge >= 0.3 is 0 Å². The fourth-order valence-corrected chi connectivity index (χ4v) is 2.83. The second-order valence-corrected chi connectivity index (χ2v) is 4.73. The minimum atomic E-state index is 0.0433. The van der Waals surface area contributed by atoms with Gasteiger partial charge in [0.05, 0.1) is 14.2 Å². The summed E-state index contributed by atoms with van der Waals surface area (Å²) in [4.78, 5) is 0. The highest BCUT2D eigenvalue weighted by atomic mass is 16.5. The van der Waals surface area contributed by atoms with E-state index in [1.54, 1.807) is 14.2 Å². The fraction of sp³-hybridized carbons (Fsp3) is 0.250. The fourth-order valence-electron chi connectivity index (χ4n) is 2.83. The van der Waals surface area contributed by atoms with E-state index in [4.69, 9.17) is 15.2 Å². The van der Waals surface area contributed by atoms with Gasteiger partial charge in [0, 0.05) is 11.6 Å². The maximum atomic E-state index is 6.25. The van der Waals surface area contributed by atoms with Gasteiger partial charge in [-0.15, -0.1) is 0 Å². The molecule has 0 bridgehead atoms. The topological polar surface area (TPSA) is 44.5 Å². The standard InChI is InChI=1S/C16H17NO2/c1-18-14-8-7-10-9-13(17)11-5-3-4-6-12(11)15(10)16(14)19-2/h3-8,13H,9,17H2,1-2H3. The van der Waals surface area contributed by atoms with Gasteiger partial charge in [-0.1, -0.05) is 30.3 Å². The summed E-state index contributed by atoms with van der Waals surface area (Å²) in [5, 5.41) is 0. The molecule has 0 saturated heterocycles. The molecule has 19 heavy (non-hydrogen) atoms. The monoisotopic (exact) mass is 255 g/mol. The van der Waals surface area contributed by atoms with Gasteiger partial charge in [0.1, 0.15) is 0 Å². The van der Waals surface area contributed by atoms with Crippen LogP contribution in [-0.2, 0) is 6.42 Å². The number of nitrogens with two attached hydrogens (primary N) is 1. The zero-order valence-electron chi connectivity index (χ0n) is 11.1. The molecule has 2 aromatic carbocycles. The second kappa shape index (κ2) is 4.59. The molecule has 0 fully saturated rings. The lowest BCUT2D eigenvalue weighted by molar-refractivity contribution is 0.355. The number of hydrogen-bond donors (Lipinski definition) is 1. The van der Waals surface area contributed by atoms with Crippen molar-refractivity contribution in [2.45, 2.75) is 12.5 Å². The molecule has 1 atom stereocenters. The van der Waals surface area contributed by atoms with Gasteiger partial charge in [0.25, 0.3) is 0 Å². The zero-order chi connectivity index (χ0) is 13.4. The van der Waals surface area contributed by atoms with Crippen LogP contribution in [0.5, 0.6) is 11.5 Å². The summed E-state index contributed by atoms with van der Waals surface area (Å²) < 4.78 is 10.9. The van der Waals surface area contributed by atoms with Crippen LogP contribution >= 0.6 is 0 Å². The zero-order valence-corrected chi connectivity index (χ0v) is 11.1. The van der Waals surface area contributed by atoms with Gasteiger partial charge in [-0.05, 0) is 29.2 Å². The Hall–Kier alpha value is -2.00. The normalized spacial score (nSPS) is 16.5. The number of hydrogen-bond acceptors (Lipinski definition) is 3. The lowest BCUT2D eigenvalue weighted by Crippen LogP contribution is -2.19. The Bertz CT molecular complexity index is 622. The highest BCUT2D eigenvalue weighted by Crippen LogP contribution is 2.46. The average Bonchev–Trinajstić information content (AvgIpc) is 2.46. The number of rotatable bonds is 2. The number of ether oxygens (including phenoxy) is 2. The molecule has 3 nitrogen and oxygen atoms in total. The van der Waals surface area contributed by atoms with Crippen molar-refractivity contribution in [2.75, 3.05) is 14.2 Å². The molecular weight excluding hydrogens is 238 g/mol. The molecule has 2 N–H and O–H groups in total. The Kier molecular flexibility index (Phi) is 2.91. The molecule has 1 aliphatic rings. The molecule has 3 heteroatoms. The van der Waals surface area contributed by atoms with E-state index in [1.807, 2.05) is 18.2 Å². The van der Waals surface area contributed by atoms with E-state index in [0.29, 0.717) is 0 Å². The largest absolute Gasteiger partial charge is 0.493 e. The molecule has 1 aliphatic carbocycles. The van der Waals surface area contributed by atoms with Gasteiger partial charge in [-0.3, -0.25) is 0 Å². The molecule has 0 radical (unpaired) electrons. The molecular formula is C16H17NO2. The van der Waals surface area contributed by atoms with Crippen molar-refractivity contribution in [1.82, 2.24) is 0 Å². The minimum absolute atomic E-state index is 0.0433. The highest BCUT2D eigenvalue weighted by Gasteiger charge is 2.26. The summed E-state index contributed by atoms with van der Waals surface area (Å²) in [6.45, 7) is 0. The molecule has 0 aromatic heterocycles. The molecule has 98 valence electrons. The summed E-state index contributed by atoms with van der Waals surface area (Å²) in [6, 6.07) is 12.3. The third-order valence-corrected chi connectivity index (χ3v) is 3.70. The van der Waals surface area contributed by atoms with Crippen molar-refractivity contribution in [3.05, 3.63) is 47.5 Å². The van der Waals surface area contributed by atoms with Crippen molar-refractivity contribution >= 4 is 0 Å². The molecule has 0 aliphatic heterocycles. The van der Waals surface area contributed by atoms with Crippen LogP contribution in [0.4, 0.5) is 0 Å². The van der Waals surface area contributed by atoms with Crippen LogP contribution in [0.1, 0.15) is 17.2 Å². The lowest BCUT2D eigenvalue weighted by Gasteiger charge is -2.27. The van der Waals surface area contributed by atoms with Crippen LogP contribution in [0.15, 0.2) is 36.4 Å². The quantitative estimate of drug-likeness (QED) is 0.897. The van der Waals surface area contributed by atoms with Crippen molar-refractivity contribution in [3.63, 3.8) is 0 Å². The van der Waals surface area contributed by atoms with Crippen molar-refractivity contribution in [2.24, 2.45) is 5.73 Å². The van der Waals surface area contributed by atoms with Gasteiger partial charge in [0.15, 0.2) is 11.5 Å². The average molecular weight is 255 g/mol. The Morgan fingerprint density at radius 2 is 1.84 bits per heavy atom. The van der Waals surface area contributed by atoms with E-state index in [9.17, 15) is 0 Å². The van der Waals surface area contributed by atoms with E-state index in [2.05, 4.69) is 18.2 Å². The van der Waals surface area contributed by atoms with Crippen LogP contribution in [0.25, 0.3) is 11.1 Å². The number of benzene rings is 2. The first-order chi connectivity index (χ1) is 9.26. The first-order valence-electron chi connectivity index (χ1n) is 6.35. The Balaban J connectivity index is 2.31. The third kappa shape index (κ3) is 1.78. The molecule has 2 aromatic rings. The first kappa shape index (κ1) is 12.1. The molecule has 3 rings (SSSR count). The Morgan fingerprint density at radius 1 is 1.05 bits per heavy atom. The lowest BCUT2D eigenvalue weighted by atomic mass is 9.82. The number of methoxy groups -OCH3 is 2. The van der Waals surface area contributed by atoms with Gasteiger partial charge in [0.2, 0.25) is 0 Å². The molecule has 0 amide bonds. The summed E-state index contributed by atoms with van der Waals surface area (Å²) >= 11 is 0. The van der Waals surface area contributed by atoms with E-state index in [0.717, 1.165) is 29.0 Å². The van der Waals surface area contributed by atoms with Gasteiger partial charge in [-0.25, -0.2) is 0 Å². The smallest absolute Gasteiger partial charge is 0.168 e. The summed E-state index contributed by atoms with van der Waals surface area (Å²) in [6.07, 6.45) is 0.826. The van der Waals surface area contributed by atoms with E-state index in [1.165, 1.54) is 11.1 Å². The highest BCUT2D eigenvalue weighted by molar-refractivity contribution is 5.81. The summed E-state index contributed by atoms with van der Waals surface area (Å²) in [5.41, 5.74) is 10.9. The third-order valence-electron chi connectivity index (χ3n) is 3.70. The van der Waals surface area contributed by atoms with Crippen molar-refractivity contribution in [3.8, 4) is 22.6 Å². The van der Waals surface area contributed by atoms with Gasteiger partial charge < -0.3 is 15.2 Å². The minimum Gasteiger partial charge on any atom is -0.493 e. The molecule has 0 saturated carbocycles.